The Hall–Kier alpha value is -0.710. The van der Waals surface area contributed by atoms with Crippen LogP contribution in [-0.4, -0.2) is 51.0 Å². The Morgan fingerprint density at radius 3 is 2.60 bits per heavy atom. The van der Waals surface area contributed by atoms with Crippen molar-refractivity contribution in [1.82, 2.24) is 10.2 Å². The van der Waals surface area contributed by atoms with E-state index in [1.165, 1.54) is 29.1 Å². The Labute approximate surface area is 127 Å². The third-order valence-corrected chi connectivity index (χ3v) is 4.79. The van der Waals surface area contributed by atoms with Gasteiger partial charge in [-0.15, -0.1) is 11.8 Å². The SMILES string of the molecule is CCc1cc(SC)c(CCN2CCNCC2)cc1OC. The highest BCUT2D eigenvalue weighted by molar-refractivity contribution is 7.98. The maximum atomic E-state index is 5.54. The number of thioether (sulfide) groups is 1. The van der Waals surface area contributed by atoms with Crippen molar-refractivity contribution >= 4 is 11.8 Å². The van der Waals surface area contributed by atoms with E-state index in [4.69, 9.17) is 4.74 Å². The molecule has 0 bridgehead atoms. The van der Waals surface area contributed by atoms with Crippen molar-refractivity contribution < 1.29 is 4.74 Å². The van der Waals surface area contributed by atoms with Gasteiger partial charge in [0, 0.05) is 37.6 Å². The smallest absolute Gasteiger partial charge is 0.122 e. The molecule has 0 aliphatic carbocycles. The lowest BCUT2D eigenvalue weighted by Gasteiger charge is -2.27. The lowest BCUT2D eigenvalue weighted by Crippen LogP contribution is -2.44. The Morgan fingerprint density at radius 1 is 1.25 bits per heavy atom. The van der Waals surface area contributed by atoms with Gasteiger partial charge >= 0.3 is 0 Å². The first-order valence-corrected chi connectivity index (χ1v) is 8.67. The van der Waals surface area contributed by atoms with Crippen molar-refractivity contribution in [2.24, 2.45) is 0 Å². The number of piperazine rings is 1. The number of methoxy groups -OCH3 is 1. The fraction of sp³-hybridized carbons (Fsp3) is 0.625. The van der Waals surface area contributed by atoms with Gasteiger partial charge in [0.2, 0.25) is 0 Å². The molecule has 1 aromatic carbocycles. The number of ether oxygens (including phenoxy) is 1. The van der Waals surface area contributed by atoms with Crippen LogP contribution in [0.4, 0.5) is 0 Å². The number of aryl methyl sites for hydroxylation is 1. The van der Waals surface area contributed by atoms with Crippen molar-refractivity contribution in [2.75, 3.05) is 46.1 Å². The van der Waals surface area contributed by atoms with Crippen LogP contribution in [0.5, 0.6) is 5.75 Å². The minimum atomic E-state index is 1.02. The molecular weight excluding hydrogens is 268 g/mol. The molecule has 1 aliphatic rings. The molecular formula is C16H26N2OS. The van der Waals surface area contributed by atoms with Gasteiger partial charge in [0.1, 0.15) is 5.75 Å². The van der Waals surface area contributed by atoms with Crippen molar-refractivity contribution in [3.63, 3.8) is 0 Å². The number of hydrogen-bond donors (Lipinski definition) is 1. The third-order valence-electron chi connectivity index (χ3n) is 3.97. The van der Waals surface area contributed by atoms with Gasteiger partial charge in [-0.2, -0.15) is 0 Å². The largest absolute Gasteiger partial charge is 0.496 e. The molecule has 112 valence electrons. The van der Waals surface area contributed by atoms with E-state index in [-0.39, 0.29) is 0 Å². The van der Waals surface area contributed by atoms with Gasteiger partial charge in [-0.05, 0) is 42.4 Å². The van der Waals surface area contributed by atoms with Crippen LogP contribution in [0.3, 0.4) is 0 Å². The Bertz CT molecular complexity index is 431. The first kappa shape index (κ1) is 15.7. The van der Waals surface area contributed by atoms with E-state index in [9.17, 15) is 0 Å². The molecule has 1 aromatic rings. The van der Waals surface area contributed by atoms with Crippen LogP contribution in [0, 0.1) is 0 Å². The second-order valence-electron chi connectivity index (χ2n) is 5.17. The predicted octanol–water partition coefficient (Wildman–Crippen LogP) is 2.43. The lowest BCUT2D eigenvalue weighted by molar-refractivity contribution is 0.243. The van der Waals surface area contributed by atoms with Crippen LogP contribution in [0.1, 0.15) is 18.1 Å². The average Bonchev–Trinajstić information content (AvgIpc) is 2.52. The van der Waals surface area contributed by atoms with Crippen LogP contribution in [0.25, 0.3) is 0 Å². The molecule has 0 amide bonds. The minimum absolute atomic E-state index is 1.02. The van der Waals surface area contributed by atoms with Crippen LogP contribution >= 0.6 is 11.8 Å². The molecule has 3 nitrogen and oxygen atoms in total. The molecule has 0 radical (unpaired) electrons. The summed E-state index contributed by atoms with van der Waals surface area (Å²) in [5.41, 5.74) is 2.73. The molecule has 0 aromatic heterocycles. The third kappa shape index (κ3) is 3.90. The summed E-state index contributed by atoms with van der Waals surface area (Å²) >= 11 is 1.84. The summed E-state index contributed by atoms with van der Waals surface area (Å²) in [5, 5.41) is 3.40. The summed E-state index contributed by atoms with van der Waals surface area (Å²) in [6.45, 7) is 7.89. The van der Waals surface area contributed by atoms with Gasteiger partial charge in [-0.1, -0.05) is 6.92 Å². The van der Waals surface area contributed by atoms with Crippen LogP contribution in [-0.2, 0) is 12.8 Å². The molecule has 0 unspecified atom stereocenters. The van der Waals surface area contributed by atoms with Crippen molar-refractivity contribution in [3.8, 4) is 5.75 Å². The van der Waals surface area contributed by atoms with E-state index in [2.05, 4.69) is 35.5 Å². The normalized spacial score (nSPS) is 16.4. The number of nitrogens with zero attached hydrogens (tertiary/aromatic N) is 1. The minimum Gasteiger partial charge on any atom is -0.496 e. The van der Waals surface area contributed by atoms with Gasteiger partial charge < -0.3 is 15.0 Å². The first-order valence-electron chi connectivity index (χ1n) is 7.45. The number of hydrogen-bond acceptors (Lipinski definition) is 4. The van der Waals surface area contributed by atoms with E-state index in [0.717, 1.165) is 38.2 Å². The zero-order chi connectivity index (χ0) is 14.4. The molecule has 0 atom stereocenters. The van der Waals surface area contributed by atoms with E-state index < -0.39 is 0 Å². The molecule has 0 saturated carbocycles. The standard InChI is InChI=1S/C16H26N2OS/c1-4-13-12-16(20-3)14(11-15(13)19-2)5-8-18-9-6-17-7-10-18/h11-12,17H,4-10H2,1-3H3. The maximum absolute atomic E-state index is 5.54. The second-order valence-corrected chi connectivity index (χ2v) is 6.02. The molecule has 1 saturated heterocycles. The van der Waals surface area contributed by atoms with Crippen molar-refractivity contribution in [2.45, 2.75) is 24.7 Å². The molecule has 2 rings (SSSR count). The molecule has 1 aliphatic heterocycles. The van der Waals surface area contributed by atoms with Gasteiger partial charge in [0.15, 0.2) is 0 Å². The predicted molar refractivity (Wildman–Crippen MR) is 87.2 cm³/mol. The summed E-state index contributed by atoms with van der Waals surface area (Å²) in [4.78, 5) is 3.94. The highest BCUT2D eigenvalue weighted by atomic mass is 32.2. The lowest BCUT2D eigenvalue weighted by atomic mass is 10.1. The zero-order valence-corrected chi connectivity index (χ0v) is 13.7. The summed E-state index contributed by atoms with van der Waals surface area (Å²) in [6, 6.07) is 4.55. The van der Waals surface area contributed by atoms with Gasteiger partial charge in [-0.25, -0.2) is 0 Å². The molecule has 1 fully saturated rings. The number of benzene rings is 1. The van der Waals surface area contributed by atoms with E-state index in [1.807, 2.05) is 11.8 Å². The molecule has 20 heavy (non-hydrogen) atoms. The average molecular weight is 294 g/mol. The summed E-state index contributed by atoms with van der Waals surface area (Å²) in [7, 11) is 1.77. The van der Waals surface area contributed by atoms with Gasteiger partial charge in [0.25, 0.3) is 0 Å². The van der Waals surface area contributed by atoms with Gasteiger partial charge in [0.05, 0.1) is 7.11 Å². The monoisotopic (exact) mass is 294 g/mol. The first-order chi connectivity index (χ1) is 9.78. The van der Waals surface area contributed by atoms with Crippen LogP contribution < -0.4 is 10.1 Å². The highest BCUT2D eigenvalue weighted by Gasteiger charge is 2.12. The zero-order valence-electron chi connectivity index (χ0n) is 12.9. The van der Waals surface area contributed by atoms with Crippen LogP contribution in [0.2, 0.25) is 0 Å². The van der Waals surface area contributed by atoms with E-state index >= 15 is 0 Å². The highest BCUT2D eigenvalue weighted by Crippen LogP contribution is 2.30. The molecule has 4 heteroatoms. The Kier molecular flexibility index (Phi) is 6.20. The van der Waals surface area contributed by atoms with Gasteiger partial charge in [-0.3, -0.25) is 0 Å². The molecule has 1 heterocycles. The molecule has 1 N–H and O–H groups in total. The fourth-order valence-electron chi connectivity index (χ4n) is 2.71. The van der Waals surface area contributed by atoms with Crippen LogP contribution in [0.15, 0.2) is 17.0 Å². The maximum Gasteiger partial charge on any atom is 0.122 e. The number of rotatable bonds is 6. The molecule has 0 spiro atoms. The van der Waals surface area contributed by atoms with E-state index in [0.29, 0.717) is 0 Å². The fourth-order valence-corrected chi connectivity index (χ4v) is 3.39. The summed E-state index contributed by atoms with van der Waals surface area (Å²) in [5.74, 6) is 1.04. The quantitative estimate of drug-likeness (QED) is 0.815. The summed E-state index contributed by atoms with van der Waals surface area (Å²) < 4.78 is 5.54. The Balaban J connectivity index is 2.08. The second kappa shape index (κ2) is 7.91. The topological polar surface area (TPSA) is 24.5 Å². The van der Waals surface area contributed by atoms with Crippen molar-refractivity contribution in [1.29, 1.82) is 0 Å². The van der Waals surface area contributed by atoms with Crippen molar-refractivity contribution in [3.05, 3.63) is 23.3 Å². The number of nitrogens with one attached hydrogen (secondary N) is 1. The Morgan fingerprint density at radius 2 is 2.00 bits per heavy atom. The summed E-state index contributed by atoms with van der Waals surface area (Å²) in [6.07, 6.45) is 4.29. The van der Waals surface area contributed by atoms with E-state index in [1.54, 1.807) is 7.11 Å².